The van der Waals surface area contributed by atoms with Crippen LogP contribution in [0, 0.1) is 0 Å². The molecule has 0 saturated carbocycles. The number of nitrogen functional groups attached to an aromatic ring is 1. The van der Waals surface area contributed by atoms with Crippen LogP contribution in [0.3, 0.4) is 0 Å². The molecule has 1 saturated heterocycles. The number of phenols is 1. The van der Waals surface area contributed by atoms with E-state index in [-0.39, 0.29) is 5.75 Å². The summed E-state index contributed by atoms with van der Waals surface area (Å²) in [6.07, 6.45) is 5.12. The number of benzene rings is 1. The summed E-state index contributed by atoms with van der Waals surface area (Å²) in [5.74, 6) is 0.728. The van der Waals surface area contributed by atoms with Gasteiger partial charge in [-0.2, -0.15) is 5.10 Å². The van der Waals surface area contributed by atoms with Crippen LogP contribution in [0.1, 0.15) is 25.7 Å². The number of hydrogen-bond donors (Lipinski definition) is 2. The minimum Gasteiger partial charge on any atom is -0.508 e. The van der Waals surface area contributed by atoms with E-state index in [1.807, 2.05) is 10.7 Å². The summed E-state index contributed by atoms with van der Waals surface area (Å²) in [6, 6.07) is 5.25. The quantitative estimate of drug-likeness (QED) is 0.897. The lowest BCUT2D eigenvalue weighted by atomic mass is 10.1. The van der Waals surface area contributed by atoms with Gasteiger partial charge in [0.25, 0.3) is 0 Å². The number of nitrogens with zero attached hydrogens (tertiary/aromatic N) is 3. The Hall–Kier alpha value is -1.75. The lowest BCUT2D eigenvalue weighted by Gasteiger charge is -2.26. The fraction of sp³-hybridized carbons (Fsp3) is 0.533. The number of fused-ring (bicyclic) bond motifs is 1. The third-order valence-corrected chi connectivity index (χ3v) is 4.06. The normalized spacial score (nSPS) is 16.8. The molecule has 0 aliphatic carbocycles. The number of phenolic OH excluding ortho intramolecular Hbond substituents is 1. The van der Waals surface area contributed by atoms with Crippen LogP contribution >= 0.6 is 0 Å². The van der Waals surface area contributed by atoms with Crippen LogP contribution in [0.5, 0.6) is 5.75 Å². The van der Waals surface area contributed by atoms with Crippen LogP contribution in [0.25, 0.3) is 10.9 Å². The van der Waals surface area contributed by atoms with Crippen LogP contribution in [-0.2, 0) is 6.54 Å². The SMILES string of the molecule is Nc1nn(CCCN2CCCCC2)c2ccc(O)cc12. The molecule has 5 nitrogen and oxygen atoms in total. The maximum Gasteiger partial charge on any atom is 0.153 e. The first-order chi connectivity index (χ1) is 9.74. The predicted octanol–water partition coefficient (Wildman–Crippen LogP) is 2.20. The molecule has 0 amide bonds. The zero-order valence-electron chi connectivity index (χ0n) is 11.8. The van der Waals surface area contributed by atoms with Crippen molar-refractivity contribution < 1.29 is 5.11 Å². The molecule has 1 aliphatic rings. The van der Waals surface area contributed by atoms with Gasteiger partial charge in [-0.3, -0.25) is 4.68 Å². The van der Waals surface area contributed by atoms with Gasteiger partial charge in [0, 0.05) is 11.9 Å². The molecule has 1 aliphatic heterocycles. The standard InChI is InChI=1S/C15H22N4O/c16-15-13-11-12(20)5-6-14(13)19(17-15)10-4-9-18-7-2-1-3-8-18/h5-6,11,20H,1-4,7-10H2,(H2,16,17). The van der Waals surface area contributed by atoms with E-state index in [0.717, 1.165) is 30.4 Å². The summed E-state index contributed by atoms with van der Waals surface area (Å²) in [4.78, 5) is 2.53. The first kappa shape index (κ1) is 13.2. The average Bonchev–Trinajstić information content (AvgIpc) is 2.76. The number of aryl methyl sites for hydroxylation is 1. The van der Waals surface area contributed by atoms with E-state index >= 15 is 0 Å². The van der Waals surface area contributed by atoms with Crippen molar-refractivity contribution in [3.8, 4) is 5.75 Å². The van der Waals surface area contributed by atoms with E-state index in [9.17, 15) is 5.11 Å². The molecule has 0 atom stereocenters. The number of nitrogens with two attached hydrogens (primary N) is 1. The van der Waals surface area contributed by atoms with Crippen LogP contribution in [-0.4, -0.2) is 39.4 Å². The first-order valence-corrected chi connectivity index (χ1v) is 7.41. The summed E-state index contributed by atoms with van der Waals surface area (Å²) in [5, 5.41) is 14.7. The van der Waals surface area contributed by atoms with Gasteiger partial charge in [0.2, 0.25) is 0 Å². The van der Waals surface area contributed by atoms with Crippen molar-refractivity contribution >= 4 is 16.7 Å². The summed E-state index contributed by atoms with van der Waals surface area (Å²) in [5.41, 5.74) is 6.91. The molecule has 0 unspecified atom stereocenters. The van der Waals surface area contributed by atoms with E-state index in [2.05, 4.69) is 10.00 Å². The minimum absolute atomic E-state index is 0.233. The number of rotatable bonds is 4. The monoisotopic (exact) mass is 274 g/mol. The van der Waals surface area contributed by atoms with Gasteiger partial charge in [0.15, 0.2) is 5.82 Å². The molecule has 0 bridgehead atoms. The van der Waals surface area contributed by atoms with Crippen LogP contribution in [0.15, 0.2) is 18.2 Å². The summed E-state index contributed by atoms with van der Waals surface area (Å²) >= 11 is 0. The molecule has 2 heterocycles. The van der Waals surface area contributed by atoms with Gasteiger partial charge in [-0.15, -0.1) is 0 Å². The molecule has 1 fully saturated rings. The lowest BCUT2D eigenvalue weighted by Crippen LogP contribution is -2.31. The Bertz CT molecular complexity index is 587. The second-order valence-corrected chi connectivity index (χ2v) is 5.57. The molecule has 3 rings (SSSR count). The Labute approximate surface area is 119 Å². The van der Waals surface area contributed by atoms with Crippen molar-refractivity contribution in [2.45, 2.75) is 32.2 Å². The highest BCUT2D eigenvalue weighted by atomic mass is 16.3. The zero-order valence-corrected chi connectivity index (χ0v) is 11.8. The van der Waals surface area contributed by atoms with Crippen molar-refractivity contribution in [3.63, 3.8) is 0 Å². The Kier molecular flexibility index (Phi) is 3.78. The highest BCUT2D eigenvalue weighted by molar-refractivity contribution is 5.90. The average molecular weight is 274 g/mol. The zero-order chi connectivity index (χ0) is 13.9. The van der Waals surface area contributed by atoms with Gasteiger partial charge in [0.05, 0.1) is 5.52 Å². The fourth-order valence-electron chi connectivity index (χ4n) is 2.99. The number of hydrogen-bond acceptors (Lipinski definition) is 4. The summed E-state index contributed by atoms with van der Waals surface area (Å²) < 4.78 is 1.95. The van der Waals surface area contributed by atoms with E-state index in [1.165, 1.54) is 32.4 Å². The third kappa shape index (κ3) is 2.72. The van der Waals surface area contributed by atoms with Crippen LogP contribution < -0.4 is 5.73 Å². The molecule has 1 aromatic heterocycles. The third-order valence-electron chi connectivity index (χ3n) is 4.06. The highest BCUT2D eigenvalue weighted by Gasteiger charge is 2.11. The molecular formula is C15H22N4O. The van der Waals surface area contributed by atoms with Crippen LogP contribution in [0.2, 0.25) is 0 Å². The van der Waals surface area contributed by atoms with Crippen molar-refractivity contribution in [1.82, 2.24) is 14.7 Å². The Morgan fingerprint density at radius 3 is 2.75 bits per heavy atom. The number of anilines is 1. The van der Waals surface area contributed by atoms with E-state index in [0.29, 0.717) is 5.82 Å². The number of piperidine rings is 1. The molecule has 3 N–H and O–H groups in total. The van der Waals surface area contributed by atoms with Gasteiger partial charge in [-0.05, 0) is 57.1 Å². The smallest absolute Gasteiger partial charge is 0.153 e. The van der Waals surface area contributed by atoms with Gasteiger partial charge in [-0.25, -0.2) is 0 Å². The largest absolute Gasteiger partial charge is 0.508 e. The molecule has 5 heteroatoms. The molecule has 108 valence electrons. The highest BCUT2D eigenvalue weighted by Crippen LogP contribution is 2.24. The number of aromatic nitrogens is 2. The first-order valence-electron chi connectivity index (χ1n) is 7.41. The van der Waals surface area contributed by atoms with Crippen molar-refractivity contribution in [3.05, 3.63) is 18.2 Å². The van der Waals surface area contributed by atoms with E-state index in [1.54, 1.807) is 12.1 Å². The molecule has 20 heavy (non-hydrogen) atoms. The molecule has 1 aromatic carbocycles. The van der Waals surface area contributed by atoms with Crippen molar-refractivity contribution in [2.75, 3.05) is 25.4 Å². The van der Waals surface area contributed by atoms with Gasteiger partial charge < -0.3 is 15.7 Å². The number of likely N-dealkylation sites (tertiary alicyclic amines) is 1. The van der Waals surface area contributed by atoms with Crippen molar-refractivity contribution in [1.29, 1.82) is 0 Å². The maximum atomic E-state index is 9.51. The van der Waals surface area contributed by atoms with E-state index in [4.69, 9.17) is 5.73 Å². The van der Waals surface area contributed by atoms with Crippen LogP contribution in [0.4, 0.5) is 5.82 Å². The summed E-state index contributed by atoms with van der Waals surface area (Å²) in [7, 11) is 0. The molecule has 0 radical (unpaired) electrons. The Balaban J connectivity index is 1.65. The molecule has 0 spiro atoms. The van der Waals surface area contributed by atoms with E-state index < -0.39 is 0 Å². The fourth-order valence-corrected chi connectivity index (χ4v) is 2.99. The second kappa shape index (κ2) is 5.71. The summed E-state index contributed by atoms with van der Waals surface area (Å²) in [6.45, 7) is 4.46. The van der Waals surface area contributed by atoms with Gasteiger partial charge >= 0.3 is 0 Å². The number of aromatic hydroxyl groups is 1. The lowest BCUT2D eigenvalue weighted by molar-refractivity contribution is 0.222. The minimum atomic E-state index is 0.233. The predicted molar refractivity (Wildman–Crippen MR) is 80.7 cm³/mol. The topological polar surface area (TPSA) is 67.3 Å². The molecular weight excluding hydrogens is 252 g/mol. The molecule has 2 aromatic rings. The van der Waals surface area contributed by atoms with Crippen molar-refractivity contribution in [2.24, 2.45) is 0 Å². The van der Waals surface area contributed by atoms with Gasteiger partial charge in [-0.1, -0.05) is 6.42 Å². The van der Waals surface area contributed by atoms with Gasteiger partial charge in [0.1, 0.15) is 5.75 Å². The Morgan fingerprint density at radius 1 is 1.15 bits per heavy atom. The Morgan fingerprint density at radius 2 is 1.95 bits per heavy atom. The second-order valence-electron chi connectivity index (χ2n) is 5.57. The maximum absolute atomic E-state index is 9.51.